The average molecular weight is 282 g/mol. The first-order valence-corrected chi connectivity index (χ1v) is 5.92. The molecule has 1 aromatic rings. The molecule has 0 N–H and O–H groups in total. The third-order valence-electron chi connectivity index (χ3n) is 3.00. The molecule has 3 nitrogen and oxygen atoms in total. The zero-order valence-electron chi connectivity index (χ0n) is 9.16. The predicted molar refractivity (Wildman–Crippen MR) is 66.1 cm³/mol. The van der Waals surface area contributed by atoms with E-state index in [1.165, 1.54) is 4.90 Å². The number of fused-ring (bicyclic) bond motifs is 1. The Hall–Kier alpha value is -1.16. The number of benzene rings is 1. The maximum atomic E-state index is 12.2. The summed E-state index contributed by atoms with van der Waals surface area (Å²) in [6.07, 6.45) is 0.448. The fraction of sp³-hybridized carbons (Fsp3) is 0.333. The first-order chi connectivity index (χ1) is 7.52. The summed E-state index contributed by atoms with van der Waals surface area (Å²) in [5.74, 6) is -0.340. The molecule has 1 aromatic carbocycles. The SMILES string of the molecule is CCC1(Br)C(=O)c2ccccc2N(C)C1=O. The van der Waals surface area contributed by atoms with Crippen molar-refractivity contribution in [3.63, 3.8) is 0 Å². The van der Waals surface area contributed by atoms with Crippen LogP contribution in [0.2, 0.25) is 0 Å². The molecule has 0 aromatic heterocycles. The molecule has 0 saturated heterocycles. The number of halogens is 1. The van der Waals surface area contributed by atoms with Gasteiger partial charge in [0.1, 0.15) is 0 Å². The fourth-order valence-electron chi connectivity index (χ4n) is 1.96. The first kappa shape index (κ1) is 11.3. The molecule has 84 valence electrons. The van der Waals surface area contributed by atoms with Crippen LogP contribution >= 0.6 is 15.9 Å². The summed E-state index contributed by atoms with van der Waals surface area (Å²) >= 11 is 3.30. The first-order valence-electron chi connectivity index (χ1n) is 5.13. The fourth-order valence-corrected chi connectivity index (χ4v) is 2.44. The Bertz CT molecular complexity index is 472. The number of carbonyl (C=O) groups excluding carboxylic acids is 2. The molecule has 0 radical (unpaired) electrons. The number of rotatable bonds is 1. The van der Waals surface area contributed by atoms with E-state index in [4.69, 9.17) is 0 Å². The maximum absolute atomic E-state index is 12.2. The number of carbonyl (C=O) groups is 2. The van der Waals surface area contributed by atoms with E-state index in [9.17, 15) is 9.59 Å². The Morgan fingerprint density at radius 2 is 1.94 bits per heavy atom. The molecule has 1 unspecified atom stereocenters. The van der Waals surface area contributed by atoms with E-state index in [1.807, 2.05) is 19.1 Å². The summed E-state index contributed by atoms with van der Waals surface area (Å²) in [7, 11) is 1.69. The highest BCUT2D eigenvalue weighted by atomic mass is 79.9. The van der Waals surface area contributed by atoms with Crippen molar-refractivity contribution in [2.24, 2.45) is 0 Å². The van der Waals surface area contributed by atoms with E-state index in [-0.39, 0.29) is 11.7 Å². The minimum atomic E-state index is -1.09. The molecule has 1 aliphatic heterocycles. The van der Waals surface area contributed by atoms with E-state index in [2.05, 4.69) is 15.9 Å². The number of hydrogen-bond acceptors (Lipinski definition) is 2. The normalized spacial score (nSPS) is 24.6. The van der Waals surface area contributed by atoms with Crippen LogP contribution in [0.3, 0.4) is 0 Å². The molecular formula is C12H12BrNO2. The molecule has 0 spiro atoms. The summed E-state index contributed by atoms with van der Waals surface area (Å²) < 4.78 is -1.09. The van der Waals surface area contributed by atoms with Gasteiger partial charge in [0.05, 0.1) is 5.69 Å². The Morgan fingerprint density at radius 1 is 1.31 bits per heavy atom. The lowest BCUT2D eigenvalue weighted by Crippen LogP contribution is -2.52. The quantitative estimate of drug-likeness (QED) is 0.586. The van der Waals surface area contributed by atoms with Crippen molar-refractivity contribution in [1.82, 2.24) is 0 Å². The van der Waals surface area contributed by atoms with Gasteiger partial charge in [0.2, 0.25) is 0 Å². The minimum absolute atomic E-state index is 0.145. The molecule has 1 atom stereocenters. The second kappa shape index (κ2) is 3.70. The summed E-state index contributed by atoms with van der Waals surface area (Å²) in [5.41, 5.74) is 1.28. The van der Waals surface area contributed by atoms with Crippen LogP contribution in [0.15, 0.2) is 24.3 Å². The topological polar surface area (TPSA) is 37.4 Å². The van der Waals surface area contributed by atoms with Gasteiger partial charge < -0.3 is 4.90 Å². The van der Waals surface area contributed by atoms with Crippen LogP contribution < -0.4 is 4.90 Å². The highest BCUT2D eigenvalue weighted by Gasteiger charge is 2.48. The van der Waals surface area contributed by atoms with E-state index in [0.29, 0.717) is 17.7 Å². The van der Waals surface area contributed by atoms with Crippen molar-refractivity contribution < 1.29 is 9.59 Å². The summed E-state index contributed by atoms with van der Waals surface area (Å²) in [6.45, 7) is 1.83. The second-order valence-corrected chi connectivity index (χ2v) is 5.22. The molecular weight excluding hydrogens is 270 g/mol. The number of para-hydroxylation sites is 1. The van der Waals surface area contributed by atoms with Gasteiger partial charge in [-0.05, 0) is 18.6 Å². The van der Waals surface area contributed by atoms with Crippen molar-refractivity contribution in [3.05, 3.63) is 29.8 Å². The van der Waals surface area contributed by atoms with Crippen LogP contribution in [-0.2, 0) is 4.79 Å². The van der Waals surface area contributed by atoms with Gasteiger partial charge in [-0.1, -0.05) is 35.0 Å². The summed E-state index contributed by atoms with van der Waals surface area (Å²) in [5, 5.41) is 0. The third kappa shape index (κ3) is 1.33. The van der Waals surface area contributed by atoms with Crippen LogP contribution in [0, 0.1) is 0 Å². The average Bonchev–Trinajstić information content (AvgIpc) is 2.33. The number of nitrogens with zero attached hydrogens (tertiary/aromatic N) is 1. The lowest BCUT2D eigenvalue weighted by Gasteiger charge is -2.35. The molecule has 0 saturated carbocycles. The molecule has 1 amide bonds. The van der Waals surface area contributed by atoms with Crippen LogP contribution in [0.25, 0.3) is 0 Å². The summed E-state index contributed by atoms with van der Waals surface area (Å²) in [4.78, 5) is 25.9. The smallest absolute Gasteiger partial charge is 0.251 e. The van der Waals surface area contributed by atoms with Gasteiger partial charge in [-0.25, -0.2) is 0 Å². The number of alkyl halides is 1. The standard InChI is InChI=1S/C12H12BrNO2/c1-3-12(13)10(15)8-6-4-5-7-9(8)14(2)11(12)16/h4-7H,3H2,1-2H3. The summed E-state index contributed by atoms with van der Waals surface area (Å²) in [6, 6.07) is 7.17. The van der Waals surface area contributed by atoms with Crippen molar-refractivity contribution in [3.8, 4) is 0 Å². The minimum Gasteiger partial charge on any atom is -0.313 e. The zero-order valence-corrected chi connectivity index (χ0v) is 10.7. The van der Waals surface area contributed by atoms with E-state index in [1.54, 1.807) is 19.2 Å². The zero-order chi connectivity index (χ0) is 11.9. The number of anilines is 1. The largest absolute Gasteiger partial charge is 0.313 e. The lowest BCUT2D eigenvalue weighted by molar-refractivity contribution is -0.119. The monoisotopic (exact) mass is 281 g/mol. The second-order valence-electron chi connectivity index (χ2n) is 3.87. The molecule has 0 fully saturated rings. The molecule has 1 heterocycles. The Morgan fingerprint density at radius 3 is 2.56 bits per heavy atom. The van der Waals surface area contributed by atoms with Crippen LogP contribution in [0.5, 0.6) is 0 Å². The molecule has 1 aliphatic rings. The van der Waals surface area contributed by atoms with Crippen molar-refractivity contribution in [1.29, 1.82) is 0 Å². The van der Waals surface area contributed by atoms with Gasteiger partial charge in [-0.3, -0.25) is 9.59 Å². The molecule has 0 aliphatic carbocycles. The highest BCUT2D eigenvalue weighted by molar-refractivity contribution is 9.10. The van der Waals surface area contributed by atoms with E-state index >= 15 is 0 Å². The van der Waals surface area contributed by atoms with Gasteiger partial charge in [0.25, 0.3) is 5.91 Å². The molecule has 0 bridgehead atoms. The number of amides is 1. The van der Waals surface area contributed by atoms with Crippen molar-refractivity contribution >= 4 is 33.3 Å². The third-order valence-corrected chi connectivity index (χ3v) is 4.26. The Balaban J connectivity index is 2.66. The maximum Gasteiger partial charge on any atom is 0.251 e. The van der Waals surface area contributed by atoms with Gasteiger partial charge in [0, 0.05) is 12.6 Å². The van der Waals surface area contributed by atoms with Crippen LogP contribution in [0.4, 0.5) is 5.69 Å². The number of ketones is 1. The van der Waals surface area contributed by atoms with Crippen molar-refractivity contribution in [2.45, 2.75) is 17.7 Å². The molecule has 4 heteroatoms. The predicted octanol–water partition coefficient (Wildman–Crippen LogP) is 2.39. The number of hydrogen-bond donors (Lipinski definition) is 0. The van der Waals surface area contributed by atoms with E-state index < -0.39 is 4.32 Å². The van der Waals surface area contributed by atoms with Crippen LogP contribution in [-0.4, -0.2) is 23.1 Å². The number of Topliss-reactive ketones (excluding diaryl/α,β-unsaturated/α-hetero) is 1. The van der Waals surface area contributed by atoms with Crippen molar-refractivity contribution in [2.75, 3.05) is 11.9 Å². The van der Waals surface area contributed by atoms with Gasteiger partial charge in [-0.15, -0.1) is 0 Å². The van der Waals surface area contributed by atoms with E-state index in [0.717, 1.165) is 0 Å². The molecule has 16 heavy (non-hydrogen) atoms. The van der Waals surface area contributed by atoms with Crippen LogP contribution in [0.1, 0.15) is 23.7 Å². The molecule has 2 rings (SSSR count). The Labute approximate surface area is 103 Å². The highest BCUT2D eigenvalue weighted by Crippen LogP contribution is 2.38. The van der Waals surface area contributed by atoms with Gasteiger partial charge in [-0.2, -0.15) is 0 Å². The Kier molecular flexibility index (Phi) is 2.62. The lowest BCUT2D eigenvalue weighted by atomic mass is 9.88. The van der Waals surface area contributed by atoms with Gasteiger partial charge >= 0.3 is 0 Å². The van der Waals surface area contributed by atoms with Gasteiger partial charge in [0.15, 0.2) is 10.1 Å².